The average Bonchev–Trinajstić information content (AvgIpc) is 3.07. The SMILES string of the molecule is COc1ccccc1C(=O)CNC(=O)c1cccc2cc[nH]c12. The van der Waals surface area contributed by atoms with Crippen molar-refractivity contribution in [2.75, 3.05) is 13.7 Å². The molecule has 0 unspecified atom stereocenters. The van der Waals surface area contributed by atoms with Crippen molar-refractivity contribution in [1.82, 2.24) is 10.3 Å². The summed E-state index contributed by atoms with van der Waals surface area (Å²) >= 11 is 0. The number of hydrogen-bond acceptors (Lipinski definition) is 3. The maximum Gasteiger partial charge on any atom is 0.253 e. The molecule has 0 bridgehead atoms. The van der Waals surface area contributed by atoms with E-state index in [1.165, 1.54) is 7.11 Å². The predicted octanol–water partition coefficient (Wildman–Crippen LogP) is 2.79. The van der Waals surface area contributed by atoms with Crippen molar-refractivity contribution in [3.05, 3.63) is 65.9 Å². The molecule has 0 fully saturated rings. The Labute approximate surface area is 133 Å². The lowest BCUT2D eigenvalue weighted by atomic mass is 10.1. The van der Waals surface area contributed by atoms with E-state index in [-0.39, 0.29) is 18.2 Å². The van der Waals surface area contributed by atoms with Crippen LogP contribution in [0.1, 0.15) is 20.7 Å². The zero-order valence-electron chi connectivity index (χ0n) is 12.6. The molecule has 0 aliphatic carbocycles. The van der Waals surface area contributed by atoms with Crippen LogP contribution in [0.25, 0.3) is 10.9 Å². The second kappa shape index (κ2) is 6.36. The first-order valence-corrected chi connectivity index (χ1v) is 7.21. The van der Waals surface area contributed by atoms with Crippen LogP contribution in [0.15, 0.2) is 54.7 Å². The monoisotopic (exact) mass is 308 g/mol. The van der Waals surface area contributed by atoms with E-state index in [9.17, 15) is 9.59 Å². The molecule has 0 radical (unpaired) electrons. The normalized spacial score (nSPS) is 10.5. The van der Waals surface area contributed by atoms with Crippen molar-refractivity contribution >= 4 is 22.6 Å². The summed E-state index contributed by atoms with van der Waals surface area (Å²) in [6.45, 7) is -0.0870. The number of para-hydroxylation sites is 2. The van der Waals surface area contributed by atoms with Crippen LogP contribution in [-0.2, 0) is 0 Å². The van der Waals surface area contributed by atoms with E-state index >= 15 is 0 Å². The van der Waals surface area contributed by atoms with Gasteiger partial charge in [-0.1, -0.05) is 24.3 Å². The smallest absolute Gasteiger partial charge is 0.253 e. The largest absolute Gasteiger partial charge is 0.496 e. The van der Waals surface area contributed by atoms with Gasteiger partial charge in [0.05, 0.1) is 30.3 Å². The van der Waals surface area contributed by atoms with Crippen LogP contribution in [-0.4, -0.2) is 30.3 Å². The summed E-state index contributed by atoms with van der Waals surface area (Å²) < 4.78 is 5.17. The second-order valence-electron chi connectivity index (χ2n) is 5.05. The standard InChI is InChI=1S/C18H16N2O3/c1-23-16-8-3-2-6-13(16)15(21)11-20-18(22)14-7-4-5-12-9-10-19-17(12)14/h2-10,19H,11H2,1H3,(H,20,22). The summed E-state index contributed by atoms with van der Waals surface area (Å²) in [6, 6.07) is 14.3. The van der Waals surface area contributed by atoms with E-state index in [2.05, 4.69) is 10.3 Å². The molecular formula is C18H16N2O3. The fraction of sp³-hybridized carbons (Fsp3) is 0.111. The Bertz CT molecular complexity index is 867. The van der Waals surface area contributed by atoms with E-state index in [4.69, 9.17) is 4.74 Å². The van der Waals surface area contributed by atoms with Gasteiger partial charge in [0.2, 0.25) is 0 Å². The van der Waals surface area contributed by atoms with Crippen LogP contribution >= 0.6 is 0 Å². The number of ether oxygens (including phenoxy) is 1. The van der Waals surface area contributed by atoms with Crippen molar-refractivity contribution < 1.29 is 14.3 Å². The van der Waals surface area contributed by atoms with Gasteiger partial charge in [0.1, 0.15) is 5.75 Å². The summed E-state index contributed by atoms with van der Waals surface area (Å²) in [4.78, 5) is 27.6. The molecule has 23 heavy (non-hydrogen) atoms. The maximum absolute atomic E-state index is 12.3. The van der Waals surface area contributed by atoms with Crippen LogP contribution in [0, 0.1) is 0 Å². The van der Waals surface area contributed by atoms with Gasteiger partial charge in [0.25, 0.3) is 5.91 Å². The van der Waals surface area contributed by atoms with E-state index < -0.39 is 0 Å². The minimum Gasteiger partial charge on any atom is -0.496 e. The van der Waals surface area contributed by atoms with Gasteiger partial charge in [-0.25, -0.2) is 0 Å². The molecule has 0 aliphatic heterocycles. The van der Waals surface area contributed by atoms with Crippen LogP contribution in [0.4, 0.5) is 0 Å². The Kier molecular flexibility index (Phi) is 4.10. The van der Waals surface area contributed by atoms with Gasteiger partial charge in [-0.3, -0.25) is 9.59 Å². The molecule has 2 N–H and O–H groups in total. The first-order valence-electron chi connectivity index (χ1n) is 7.21. The number of rotatable bonds is 5. The number of carbonyl (C=O) groups is 2. The first kappa shape index (κ1) is 14.8. The van der Waals surface area contributed by atoms with Gasteiger partial charge in [-0.15, -0.1) is 0 Å². The number of ketones is 1. The van der Waals surface area contributed by atoms with E-state index in [0.29, 0.717) is 16.9 Å². The summed E-state index contributed by atoms with van der Waals surface area (Å²) in [5, 5.41) is 3.62. The number of nitrogens with one attached hydrogen (secondary N) is 2. The third-order valence-electron chi connectivity index (χ3n) is 3.65. The molecular weight excluding hydrogens is 292 g/mol. The molecule has 5 heteroatoms. The highest BCUT2D eigenvalue weighted by Gasteiger charge is 2.15. The molecule has 0 saturated carbocycles. The highest BCUT2D eigenvalue weighted by atomic mass is 16.5. The van der Waals surface area contributed by atoms with Gasteiger partial charge in [0, 0.05) is 11.6 Å². The number of aromatic nitrogens is 1. The third-order valence-corrected chi connectivity index (χ3v) is 3.65. The Balaban J connectivity index is 1.74. The number of amides is 1. The molecule has 2 aromatic carbocycles. The molecule has 116 valence electrons. The summed E-state index contributed by atoms with van der Waals surface area (Å²) in [5.74, 6) is 0.00831. The number of Topliss-reactive ketones (excluding diaryl/α,β-unsaturated/α-hetero) is 1. The van der Waals surface area contributed by atoms with Crippen molar-refractivity contribution in [2.24, 2.45) is 0 Å². The van der Waals surface area contributed by atoms with Crippen molar-refractivity contribution in [3.63, 3.8) is 0 Å². The number of H-pyrrole nitrogens is 1. The zero-order chi connectivity index (χ0) is 16.2. The lowest BCUT2D eigenvalue weighted by Gasteiger charge is -2.09. The van der Waals surface area contributed by atoms with E-state index in [0.717, 1.165) is 10.9 Å². The van der Waals surface area contributed by atoms with Crippen LogP contribution < -0.4 is 10.1 Å². The number of carbonyl (C=O) groups excluding carboxylic acids is 2. The topological polar surface area (TPSA) is 71.2 Å². The number of methoxy groups -OCH3 is 1. The van der Waals surface area contributed by atoms with Crippen LogP contribution in [0.3, 0.4) is 0 Å². The van der Waals surface area contributed by atoms with E-state index in [1.807, 2.05) is 18.2 Å². The number of fused-ring (bicyclic) bond motifs is 1. The molecule has 0 saturated heterocycles. The lowest BCUT2D eigenvalue weighted by molar-refractivity contribution is 0.0903. The first-order chi connectivity index (χ1) is 11.2. The highest BCUT2D eigenvalue weighted by Crippen LogP contribution is 2.18. The molecule has 1 heterocycles. The third kappa shape index (κ3) is 2.94. The zero-order valence-corrected chi connectivity index (χ0v) is 12.6. The fourth-order valence-electron chi connectivity index (χ4n) is 2.50. The Morgan fingerprint density at radius 3 is 2.65 bits per heavy atom. The Morgan fingerprint density at radius 2 is 1.83 bits per heavy atom. The van der Waals surface area contributed by atoms with Gasteiger partial charge >= 0.3 is 0 Å². The summed E-state index contributed by atoms with van der Waals surface area (Å²) in [6.07, 6.45) is 1.78. The molecule has 0 spiro atoms. The molecule has 0 atom stereocenters. The fourth-order valence-corrected chi connectivity index (χ4v) is 2.50. The highest BCUT2D eigenvalue weighted by molar-refractivity contribution is 6.08. The van der Waals surface area contributed by atoms with E-state index in [1.54, 1.807) is 36.5 Å². The van der Waals surface area contributed by atoms with Gasteiger partial charge in [0.15, 0.2) is 5.78 Å². The van der Waals surface area contributed by atoms with Crippen LogP contribution in [0.2, 0.25) is 0 Å². The maximum atomic E-state index is 12.3. The van der Waals surface area contributed by atoms with Crippen molar-refractivity contribution in [2.45, 2.75) is 0 Å². The average molecular weight is 308 g/mol. The number of aromatic amines is 1. The van der Waals surface area contributed by atoms with Gasteiger partial charge < -0.3 is 15.0 Å². The summed E-state index contributed by atoms with van der Waals surface area (Å²) in [7, 11) is 1.51. The minimum atomic E-state index is -0.290. The summed E-state index contributed by atoms with van der Waals surface area (Å²) in [5.41, 5.74) is 1.73. The lowest BCUT2D eigenvalue weighted by Crippen LogP contribution is -2.29. The second-order valence-corrected chi connectivity index (χ2v) is 5.05. The number of benzene rings is 2. The van der Waals surface area contributed by atoms with Gasteiger partial charge in [-0.2, -0.15) is 0 Å². The molecule has 3 aromatic rings. The number of hydrogen-bond donors (Lipinski definition) is 2. The predicted molar refractivity (Wildman–Crippen MR) is 88.0 cm³/mol. The minimum absolute atomic E-state index is 0.0870. The van der Waals surface area contributed by atoms with Gasteiger partial charge in [-0.05, 0) is 24.3 Å². The van der Waals surface area contributed by atoms with Crippen molar-refractivity contribution in [1.29, 1.82) is 0 Å². The van der Waals surface area contributed by atoms with Crippen molar-refractivity contribution in [3.8, 4) is 5.75 Å². The molecule has 3 rings (SSSR count). The molecule has 1 aromatic heterocycles. The quantitative estimate of drug-likeness (QED) is 0.712. The Morgan fingerprint density at radius 1 is 1.04 bits per heavy atom. The molecule has 5 nitrogen and oxygen atoms in total. The molecule has 0 aliphatic rings. The van der Waals surface area contributed by atoms with Crippen LogP contribution in [0.5, 0.6) is 5.75 Å². The Hall–Kier alpha value is -3.08. The molecule has 1 amide bonds.